The molecular formula is C19H18. The van der Waals surface area contributed by atoms with Gasteiger partial charge in [0.1, 0.15) is 0 Å². The summed E-state index contributed by atoms with van der Waals surface area (Å²) in [7, 11) is 0. The minimum absolute atomic E-state index is 0.670. The lowest BCUT2D eigenvalue weighted by atomic mass is 10.1. The molecule has 3 rings (SSSR count). The molecule has 0 heteroatoms. The van der Waals surface area contributed by atoms with Crippen LogP contribution < -0.4 is 0 Å². The average molecular weight is 246 g/mol. The van der Waals surface area contributed by atoms with E-state index in [9.17, 15) is 0 Å². The third-order valence-corrected chi connectivity index (χ3v) is 3.71. The number of rotatable bonds is 3. The molecule has 94 valence electrons. The van der Waals surface area contributed by atoms with Crippen LogP contribution >= 0.6 is 0 Å². The van der Waals surface area contributed by atoms with Crippen molar-refractivity contribution in [3.63, 3.8) is 0 Å². The zero-order valence-corrected chi connectivity index (χ0v) is 11.2. The van der Waals surface area contributed by atoms with Crippen molar-refractivity contribution in [3.8, 4) is 0 Å². The molecule has 0 spiro atoms. The summed E-state index contributed by atoms with van der Waals surface area (Å²) in [5.74, 6) is 1.38. The van der Waals surface area contributed by atoms with E-state index >= 15 is 0 Å². The van der Waals surface area contributed by atoms with Gasteiger partial charge in [-0.15, -0.1) is 5.73 Å². The fourth-order valence-corrected chi connectivity index (χ4v) is 2.41. The third-order valence-electron chi connectivity index (χ3n) is 3.71. The molecule has 2 aromatic carbocycles. The molecule has 1 saturated carbocycles. The van der Waals surface area contributed by atoms with Gasteiger partial charge in [-0.05, 0) is 48.5 Å². The van der Waals surface area contributed by atoms with Gasteiger partial charge in [0.05, 0.1) is 0 Å². The summed E-state index contributed by atoms with van der Waals surface area (Å²) in [4.78, 5) is 0. The van der Waals surface area contributed by atoms with Gasteiger partial charge in [-0.1, -0.05) is 60.2 Å². The summed E-state index contributed by atoms with van der Waals surface area (Å²) in [5, 5.41) is 0. The first-order valence-corrected chi connectivity index (χ1v) is 6.87. The van der Waals surface area contributed by atoms with Crippen LogP contribution in [0.3, 0.4) is 0 Å². The second kappa shape index (κ2) is 5.30. The molecule has 0 nitrogen and oxygen atoms in total. The number of allylic oxidation sites excluding steroid dienone is 1. The number of aryl methyl sites for hydroxylation is 1. The highest BCUT2D eigenvalue weighted by atomic mass is 14.4. The van der Waals surface area contributed by atoms with E-state index in [1.54, 1.807) is 0 Å². The monoisotopic (exact) mass is 246 g/mol. The van der Waals surface area contributed by atoms with Crippen molar-refractivity contribution >= 4 is 6.08 Å². The Hall–Kier alpha value is -2.04. The Bertz CT molecular complexity index is 598. The molecule has 0 heterocycles. The minimum atomic E-state index is 0.670. The zero-order chi connectivity index (χ0) is 13.1. The molecule has 0 N–H and O–H groups in total. The summed E-state index contributed by atoms with van der Waals surface area (Å²) in [6.45, 7) is 2.11. The third kappa shape index (κ3) is 3.05. The first-order chi connectivity index (χ1) is 9.33. The number of hydrogen-bond donors (Lipinski definition) is 0. The smallest absolute Gasteiger partial charge is 0.00823 e. The Morgan fingerprint density at radius 1 is 1.00 bits per heavy atom. The Kier molecular flexibility index (Phi) is 3.35. The Morgan fingerprint density at radius 3 is 2.47 bits per heavy atom. The second-order valence-corrected chi connectivity index (χ2v) is 5.31. The van der Waals surface area contributed by atoms with Crippen molar-refractivity contribution in [2.75, 3.05) is 0 Å². The van der Waals surface area contributed by atoms with Crippen molar-refractivity contribution in [2.45, 2.75) is 19.3 Å². The molecule has 2 aromatic rings. The van der Waals surface area contributed by atoms with Crippen molar-refractivity contribution in [3.05, 3.63) is 83.1 Å². The van der Waals surface area contributed by atoms with Crippen LogP contribution in [0.15, 0.2) is 66.4 Å². The van der Waals surface area contributed by atoms with Crippen LogP contribution in [0, 0.1) is 12.8 Å². The maximum atomic E-state index is 3.33. The van der Waals surface area contributed by atoms with E-state index in [1.165, 1.54) is 23.1 Å². The average Bonchev–Trinajstić information content (AvgIpc) is 3.22. The fraction of sp³-hybridized carbons (Fsp3) is 0.211. The highest BCUT2D eigenvalue weighted by Crippen LogP contribution is 2.47. The maximum Gasteiger partial charge on any atom is -0.00823 e. The van der Waals surface area contributed by atoms with Crippen LogP contribution in [-0.2, 0) is 0 Å². The number of benzene rings is 2. The van der Waals surface area contributed by atoms with Gasteiger partial charge in [-0.25, -0.2) is 0 Å². The van der Waals surface area contributed by atoms with Gasteiger partial charge in [0.15, 0.2) is 0 Å². The topological polar surface area (TPSA) is 0 Å². The van der Waals surface area contributed by atoms with Crippen molar-refractivity contribution in [2.24, 2.45) is 5.92 Å². The summed E-state index contributed by atoms with van der Waals surface area (Å²) < 4.78 is 0. The standard InChI is InChI=1S/C19H18/c1-15-10-12-16(13-11-15)6-5-9-18-14-19(18)17-7-3-2-4-8-17/h2-4,6-13,18-19H,14H2,1H3/t5?,18-,19+/m0/s1. The van der Waals surface area contributed by atoms with E-state index in [0.717, 1.165) is 0 Å². The molecule has 19 heavy (non-hydrogen) atoms. The molecule has 0 unspecified atom stereocenters. The SMILES string of the molecule is Cc1ccc(C=C=C[C@H]2C[C@@H]2c2ccccc2)cc1. The van der Waals surface area contributed by atoms with Crippen LogP contribution in [0.25, 0.3) is 6.08 Å². The molecule has 2 atom stereocenters. The predicted molar refractivity (Wildman–Crippen MR) is 81.0 cm³/mol. The lowest BCUT2D eigenvalue weighted by Gasteiger charge is -1.95. The molecular weight excluding hydrogens is 228 g/mol. The zero-order valence-electron chi connectivity index (χ0n) is 11.2. The molecule has 0 aromatic heterocycles. The van der Waals surface area contributed by atoms with Crippen LogP contribution in [0.2, 0.25) is 0 Å². The normalized spacial score (nSPS) is 20.5. The van der Waals surface area contributed by atoms with Crippen LogP contribution in [0.1, 0.15) is 29.0 Å². The van der Waals surface area contributed by atoms with E-state index in [-0.39, 0.29) is 0 Å². The maximum absolute atomic E-state index is 3.33. The molecule has 1 aliphatic rings. The highest BCUT2D eigenvalue weighted by molar-refractivity contribution is 5.49. The summed E-state index contributed by atoms with van der Waals surface area (Å²) in [6, 6.07) is 19.3. The van der Waals surface area contributed by atoms with E-state index in [0.29, 0.717) is 11.8 Å². The van der Waals surface area contributed by atoms with E-state index in [1.807, 2.05) is 0 Å². The molecule has 0 radical (unpaired) electrons. The summed E-state index contributed by atoms with van der Waals surface area (Å²) in [5.41, 5.74) is 7.31. The molecule has 1 aliphatic carbocycles. The molecule has 0 bridgehead atoms. The molecule has 1 fully saturated rings. The van der Waals surface area contributed by atoms with Gasteiger partial charge in [-0.3, -0.25) is 0 Å². The van der Waals surface area contributed by atoms with Gasteiger partial charge in [0.2, 0.25) is 0 Å². The van der Waals surface area contributed by atoms with Crippen LogP contribution in [-0.4, -0.2) is 0 Å². The lowest BCUT2D eigenvalue weighted by molar-refractivity contribution is 1.01. The van der Waals surface area contributed by atoms with E-state index in [4.69, 9.17) is 0 Å². The molecule has 0 amide bonds. The summed E-state index contributed by atoms with van der Waals surface area (Å²) in [6.07, 6.45) is 5.55. The van der Waals surface area contributed by atoms with Crippen LogP contribution in [0.4, 0.5) is 0 Å². The lowest BCUT2D eigenvalue weighted by Crippen LogP contribution is -1.78. The van der Waals surface area contributed by atoms with Crippen molar-refractivity contribution < 1.29 is 0 Å². The summed E-state index contributed by atoms with van der Waals surface area (Å²) >= 11 is 0. The van der Waals surface area contributed by atoms with Gasteiger partial charge in [-0.2, -0.15) is 0 Å². The van der Waals surface area contributed by atoms with Crippen molar-refractivity contribution in [1.29, 1.82) is 0 Å². The van der Waals surface area contributed by atoms with Gasteiger partial charge in [0, 0.05) is 0 Å². The van der Waals surface area contributed by atoms with Gasteiger partial charge >= 0.3 is 0 Å². The highest BCUT2D eigenvalue weighted by Gasteiger charge is 2.35. The number of hydrogen-bond acceptors (Lipinski definition) is 0. The Balaban J connectivity index is 1.64. The Morgan fingerprint density at radius 2 is 1.74 bits per heavy atom. The van der Waals surface area contributed by atoms with E-state index in [2.05, 4.69) is 79.4 Å². The molecule has 0 aliphatic heterocycles. The first-order valence-electron chi connectivity index (χ1n) is 6.87. The quantitative estimate of drug-likeness (QED) is 0.671. The van der Waals surface area contributed by atoms with E-state index < -0.39 is 0 Å². The minimum Gasteiger partial charge on any atom is -0.124 e. The van der Waals surface area contributed by atoms with Gasteiger partial charge in [0.25, 0.3) is 0 Å². The second-order valence-electron chi connectivity index (χ2n) is 5.31. The van der Waals surface area contributed by atoms with Gasteiger partial charge < -0.3 is 0 Å². The van der Waals surface area contributed by atoms with Crippen LogP contribution in [0.5, 0.6) is 0 Å². The predicted octanol–water partition coefficient (Wildman–Crippen LogP) is 4.97. The van der Waals surface area contributed by atoms with Crippen molar-refractivity contribution in [1.82, 2.24) is 0 Å². The largest absolute Gasteiger partial charge is 0.124 e. The Labute approximate surface area is 115 Å². The first kappa shape index (κ1) is 12.0. The fourth-order valence-electron chi connectivity index (χ4n) is 2.41. The molecule has 0 saturated heterocycles.